The normalized spacial score (nSPS) is 42.5. The molecule has 1 N–H and O–H groups in total. The summed E-state index contributed by atoms with van der Waals surface area (Å²) in [6.45, 7) is 2.33. The predicted molar refractivity (Wildman–Crippen MR) is 54.5 cm³/mol. The fourth-order valence-electron chi connectivity index (χ4n) is 2.88. The van der Waals surface area contributed by atoms with Crippen LogP contribution in [0.1, 0.15) is 58.3 Å². The van der Waals surface area contributed by atoms with Gasteiger partial charge in [-0.1, -0.05) is 26.2 Å². The number of hydrogen-bond donors (Lipinski definition) is 1. The van der Waals surface area contributed by atoms with Crippen LogP contribution in [-0.2, 0) is 0 Å². The molecule has 0 heterocycles. The van der Waals surface area contributed by atoms with Gasteiger partial charge in [0, 0.05) is 0 Å². The van der Waals surface area contributed by atoms with E-state index in [0.29, 0.717) is 5.92 Å². The summed E-state index contributed by atoms with van der Waals surface area (Å²) in [5.74, 6) is 1.49. The first kappa shape index (κ1) is 9.51. The predicted octanol–water partition coefficient (Wildman–Crippen LogP) is 3.12. The van der Waals surface area contributed by atoms with Crippen molar-refractivity contribution in [2.75, 3.05) is 0 Å². The fraction of sp³-hybridized carbons (Fsp3) is 1.00. The monoisotopic (exact) mass is 182 g/mol. The van der Waals surface area contributed by atoms with Gasteiger partial charge in [-0.25, -0.2) is 0 Å². The highest BCUT2D eigenvalue weighted by Crippen LogP contribution is 2.44. The average Bonchev–Trinajstić information content (AvgIpc) is 2.11. The van der Waals surface area contributed by atoms with Crippen molar-refractivity contribution in [3.63, 3.8) is 0 Å². The van der Waals surface area contributed by atoms with E-state index in [2.05, 4.69) is 6.92 Å². The third-order valence-electron chi connectivity index (χ3n) is 4.24. The van der Waals surface area contributed by atoms with Crippen LogP contribution in [0.3, 0.4) is 0 Å². The maximum Gasteiger partial charge on any atom is 0.0675 e. The second-order valence-electron chi connectivity index (χ2n) is 5.27. The van der Waals surface area contributed by atoms with Gasteiger partial charge >= 0.3 is 0 Å². The lowest BCUT2D eigenvalue weighted by Crippen LogP contribution is -2.41. The molecule has 0 aliphatic heterocycles. The van der Waals surface area contributed by atoms with Crippen LogP contribution < -0.4 is 0 Å². The SMILES string of the molecule is CC1CCCC(O)(C2CCC2)CC1. The number of rotatable bonds is 1. The third kappa shape index (κ3) is 1.90. The van der Waals surface area contributed by atoms with E-state index < -0.39 is 0 Å². The maximum absolute atomic E-state index is 10.5. The lowest BCUT2D eigenvalue weighted by molar-refractivity contribution is -0.0622. The van der Waals surface area contributed by atoms with Crippen LogP contribution in [0.4, 0.5) is 0 Å². The Morgan fingerprint density at radius 1 is 1.00 bits per heavy atom. The summed E-state index contributed by atoms with van der Waals surface area (Å²) in [5.41, 5.74) is -0.261. The van der Waals surface area contributed by atoms with E-state index in [1.165, 1.54) is 38.5 Å². The zero-order valence-corrected chi connectivity index (χ0v) is 8.76. The molecule has 0 amide bonds. The van der Waals surface area contributed by atoms with Gasteiger partial charge in [-0.05, 0) is 43.9 Å². The van der Waals surface area contributed by atoms with E-state index in [1.807, 2.05) is 0 Å². The molecule has 0 aromatic heterocycles. The number of aliphatic hydroxyl groups is 1. The van der Waals surface area contributed by atoms with E-state index in [9.17, 15) is 5.11 Å². The summed E-state index contributed by atoms with van der Waals surface area (Å²) >= 11 is 0. The summed E-state index contributed by atoms with van der Waals surface area (Å²) in [5, 5.41) is 10.5. The third-order valence-corrected chi connectivity index (χ3v) is 4.24. The van der Waals surface area contributed by atoms with E-state index in [0.717, 1.165) is 18.8 Å². The van der Waals surface area contributed by atoms with Crippen molar-refractivity contribution in [3.8, 4) is 0 Å². The second-order valence-corrected chi connectivity index (χ2v) is 5.27. The molecule has 2 aliphatic rings. The van der Waals surface area contributed by atoms with Crippen molar-refractivity contribution in [3.05, 3.63) is 0 Å². The maximum atomic E-state index is 10.5. The van der Waals surface area contributed by atoms with E-state index in [1.54, 1.807) is 0 Å². The van der Waals surface area contributed by atoms with Crippen molar-refractivity contribution in [2.45, 2.75) is 63.9 Å². The van der Waals surface area contributed by atoms with Gasteiger partial charge in [0.25, 0.3) is 0 Å². The van der Waals surface area contributed by atoms with Crippen molar-refractivity contribution in [1.82, 2.24) is 0 Å². The first-order valence-corrected chi connectivity index (χ1v) is 5.93. The number of hydrogen-bond acceptors (Lipinski definition) is 1. The average molecular weight is 182 g/mol. The van der Waals surface area contributed by atoms with Crippen molar-refractivity contribution in [1.29, 1.82) is 0 Å². The van der Waals surface area contributed by atoms with Crippen LogP contribution in [-0.4, -0.2) is 10.7 Å². The molecule has 2 unspecified atom stereocenters. The first-order valence-electron chi connectivity index (χ1n) is 5.93. The lowest BCUT2D eigenvalue weighted by atomic mass is 9.69. The molecule has 2 aliphatic carbocycles. The molecular weight excluding hydrogens is 160 g/mol. The van der Waals surface area contributed by atoms with Gasteiger partial charge in [-0.3, -0.25) is 0 Å². The largest absolute Gasteiger partial charge is 0.390 e. The quantitative estimate of drug-likeness (QED) is 0.618. The van der Waals surface area contributed by atoms with E-state index in [-0.39, 0.29) is 5.60 Å². The molecule has 0 aromatic carbocycles. The topological polar surface area (TPSA) is 20.2 Å². The molecule has 76 valence electrons. The van der Waals surface area contributed by atoms with Crippen LogP contribution in [0, 0.1) is 11.8 Å². The molecule has 0 spiro atoms. The Labute approximate surface area is 81.5 Å². The molecule has 0 saturated heterocycles. The van der Waals surface area contributed by atoms with Crippen LogP contribution in [0.5, 0.6) is 0 Å². The zero-order chi connectivity index (χ0) is 9.31. The summed E-state index contributed by atoms with van der Waals surface area (Å²) < 4.78 is 0. The Bertz CT molecular complexity index is 174. The minimum absolute atomic E-state index is 0.261. The Morgan fingerprint density at radius 3 is 2.38 bits per heavy atom. The molecule has 1 nitrogen and oxygen atoms in total. The molecule has 2 atom stereocenters. The Kier molecular flexibility index (Phi) is 2.64. The summed E-state index contributed by atoms with van der Waals surface area (Å²) in [7, 11) is 0. The van der Waals surface area contributed by atoms with Gasteiger partial charge in [0.05, 0.1) is 5.60 Å². The fourth-order valence-corrected chi connectivity index (χ4v) is 2.88. The van der Waals surface area contributed by atoms with Crippen molar-refractivity contribution >= 4 is 0 Å². The highest BCUT2D eigenvalue weighted by atomic mass is 16.3. The molecule has 1 heteroatoms. The molecule has 2 fully saturated rings. The van der Waals surface area contributed by atoms with Gasteiger partial charge < -0.3 is 5.11 Å². The van der Waals surface area contributed by atoms with Gasteiger partial charge in [-0.15, -0.1) is 0 Å². The summed E-state index contributed by atoms with van der Waals surface area (Å²) in [4.78, 5) is 0. The van der Waals surface area contributed by atoms with Crippen molar-refractivity contribution < 1.29 is 5.11 Å². The van der Waals surface area contributed by atoms with Crippen LogP contribution >= 0.6 is 0 Å². The van der Waals surface area contributed by atoms with Gasteiger partial charge in [0.15, 0.2) is 0 Å². The van der Waals surface area contributed by atoms with Crippen LogP contribution in [0.15, 0.2) is 0 Å². The second kappa shape index (κ2) is 3.61. The van der Waals surface area contributed by atoms with E-state index in [4.69, 9.17) is 0 Å². The Morgan fingerprint density at radius 2 is 1.77 bits per heavy atom. The lowest BCUT2D eigenvalue weighted by Gasteiger charge is -2.41. The molecular formula is C12H22O. The van der Waals surface area contributed by atoms with Crippen molar-refractivity contribution in [2.24, 2.45) is 11.8 Å². The molecule has 13 heavy (non-hydrogen) atoms. The molecule has 0 bridgehead atoms. The smallest absolute Gasteiger partial charge is 0.0675 e. The first-order chi connectivity index (χ1) is 6.21. The highest BCUT2D eigenvalue weighted by molar-refractivity contribution is 4.92. The van der Waals surface area contributed by atoms with Gasteiger partial charge in [0.1, 0.15) is 0 Å². The molecule has 0 radical (unpaired) electrons. The summed E-state index contributed by atoms with van der Waals surface area (Å²) in [6, 6.07) is 0. The van der Waals surface area contributed by atoms with Gasteiger partial charge in [0.2, 0.25) is 0 Å². The molecule has 0 aromatic rings. The highest BCUT2D eigenvalue weighted by Gasteiger charge is 2.40. The van der Waals surface area contributed by atoms with Crippen LogP contribution in [0.25, 0.3) is 0 Å². The van der Waals surface area contributed by atoms with Crippen LogP contribution in [0.2, 0.25) is 0 Å². The standard InChI is InChI=1S/C12H22O/c1-10-4-3-8-12(13,9-7-10)11-5-2-6-11/h10-11,13H,2-9H2,1H3. The minimum Gasteiger partial charge on any atom is -0.390 e. The zero-order valence-electron chi connectivity index (χ0n) is 8.76. The molecule has 2 rings (SSSR count). The summed E-state index contributed by atoms with van der Waals surface area (Å²) in [6.07, 6.45) is 9.87. The van der Waals surface area contributed by atoms with E-state index >= 15 is 0 Å². The Balaban J connectivity index is 1.95. The Hall–Kier alpha value is -0.0400. The molecule has 2 saturated carbocycles. The van der Waals surface area contributed by atoms with Gasteiger partial charge in [-0.2, -0.15) is 0 Å². The minimum atomic E-state index is -0.261.